The van der Waals surface area contributed by atoms with E-state index in [2.05, 4.69) is 82.3 Å². The Morgan fingerprint density at radius 3 is 1.59 bits per heavy atom. The first kappa shape index (κ1) is 14.6. The molecule has 22 heavy (non-hydrogen) atoms. The zero-order valence-corrected chi connectivity index (χ0v) is 13.7. The lowest BCUT2D eigenvalue weighted by Gasteiger charge is -2.09. The molecule has 0 saturated heterocycles. The first-order valence-corrected chi connectivity index (χ1v) is 7.70. The number of hydrogen-bond donors (Lipinski definition) is 0. The van der Waals surface area contributed by atoms with Crippen LogP contribution in [0.2, 0.25) is 0 Å². The van der Waals surface area contributed by atoms with Gasteiger partial charge < -0.3 is 0 Å². The summed E-state index contributed by atoms with van der Waals surface area (Å²) < 4.78 is 0. The Kier molecular flexibility index (Phi) is 3.85. The van der Waals surface area contributed by atoms with Crippen LogP contribution in [0.5, 0.6) is 0 Å². The minimum absolute atomic E-state index is 1.16. The van der Waals surface area contributed by atoms with Crippen LogP contribution in [0.4, 0.5) is 0 Å². The van der Waals surface area contributed by atoms with E-state index in [-0.39, 0.29) is 0 Å². The molecule has 3 aromatic carbocycles. The molecule has 0 amide bonds. The summed E-state index contributed by atoms with van der Waals surface area (Å²) in [5, 5.41) is 0. The molecular weight excluding hydrogens is 264 g/mol. The van der Waals surface area contributed by atoms with Crippen molar-refractivity contribution >= 4 is 0 Å². The van der Waals surface area contributed by atoms with Gasteiger partial charge in [-0.1, -0.05) is 70.8 Å². The lowest BCUT2D eigenvalue weighted by molar-refractivity contribution is 1.38. The van der Waals surface area contributed by atoms with Crippen LogP contribution in [0.1, 0.15) is 22.3 Å². The molecular formula is C22H21. The van der Waals surface area contributed by atoms with Gasteiger partial charge in [-0.3, -0.25) is 0 Å². The third kappa shape index (κ3) is 3.12. The standard InChI is InChI=1S/C22H21/c1-15-8-16(2)11-21(10-15)19-6-5-7-20(14-19)22-12-17(3)9-18(4)13-22/h5-6,8-14H,1-4H3. The van der Waals surface area contributed by atoms with E-state index in [1.54, 1.807) is 0 Å². The van der Waals surface area contributed by atoms with E-state index in [1.807, 2.05) is 6.07 Å². The lowest BCUT2D eigenvalue weighted by Crippen LogP contribution is -1.86. The fourth-order valence-electron chi connectivity index (χ4n) is 3.08. The highest BCUT2D eigenvalue weighted by molar-refractivity contribution is 5.73. The number of rotatable bonds is 2. The molecule has 0 spiro atoms. The highest BCUT2D eigenvalue weighted by Gasteiger charge is 2.04. The van der Waals surface area contributed by atoms with Crippen molar-refractivity contribution in [1.82, 2.24) is 0 Å². The smallest absolute Gasteiger partial charge is 0.00987 e. The molecule has 0 saturated carbocycles. The number of benzene rings is 3. The van der Waals surface area contributed by atoms with Gasteiger partial charge >= 0.3 is 0 Å². The van der Waals surface area contributed by atoms with Crippen molar-refractivity contribution in [1.29, 1.82) is 0 Å². The molecule has 0 fully saturated rings. The van der Waals surface area contributed by atoms with Gasteiger partial charge in [0.1, 0.15) is 0 Å². The second kappa shape index (κ2) is 5.81. The summed E-state index contributed by atoms with van der Waals surface area (Å²) in [5.74, 6) is 0. The second-order valence-electron chi connectivity index (χ2n) is 6.24. The summed E-state index contributed by atoms with van der Waals surface area (Å²) in [6.07, 6.45) is 0. The van der Waals surface area contributed by atoms with E-state index in [9.17, 15) is 0 Å². The Morgan fingerprint density at radius 2 is 1.05 bits per heavy atom. The quantitative estimate of drug-likeness (QED) is 0.537. The Bertz CT molecular complexity index is 718. The summed E-state index contributed by atoms with van der Waals surface area (Å²) in [4.78, 5) is 0. The van der Waals surface area contributed by atoms with Gasteiger partial charge in [-0.25, -0.2) is 0 Å². The van der Waals surface area contributed by atoms with Crippen molar-refractivity contribution in [2.45, 2.75) is 27.7 Å². The number of hydrogen-bond acceptors (Lipinski definition) is 0. The topological polar surface area (TPSA) is 0 Å². The van der Waals surface area contributed by atoms with Crippen LogP contribution in [-0.4, -0.2) is 0 Å². The predicted octanol–water partition coefficient (Wildman–Crippen LogP) is 6.05. The van der Waals surface area contributed by atoms with E-state index < -0.39 is 0 Å². The monoisotopic (exact) mass is 285 g/mol. The maximum Gasteiger partial charge on any atom is -0.00987 e. The zero-order chi connectivity index (χ0) is 15.7. The van der Waals surface area contributed by atoms with Gasteiger partial charge in [0, 0.05) is 0 Å². The molecule has 0 aromatic heterocycles. The molecule has 0 aliphatic heterocycles. The first-order chi connectivity index (χ1) is 10.5. The fraction of sp³-hybridized carbons (Fsp3) is 0.182. The maximum absolute atomic E-state index is 3.38. The van der Waals surface area contributed by atoms with Gasteiger partial charge in [-0.2, -0.15) is 0 Å². The van der Waals surface area contributed by atoms with Crippen molar-refractivity contribution in [2.24, 2.45) is 0 Å². The van der Waals surface area contributed by atoms with E-state index >= 15 is 0 Å². The maximum atomic E-state index is 3.38. The van der Waals surface area contributed by atoms with Gasteiger partial charge in [0.2, 0.25) is 0 Å². The van der Waals surface area contributed by atoms with Crippen LogP contribution in [0.3, 0.4) is 0 Å². The average molecular weight is 285 g/mol. The molecule has 0 heterocycles. The average Bonchev–Trinajstić information content (AvgIpc) is 2.45. The van der Waals surface area contributed by atoms with E-state index in [0.717, 1.165) is 5.56 Å². The predicted molar refractivity (Wildman–Crippen MR) is 95.1 cm³/mol. The summed E-state index contributed by atoms with van der Waals surface area (Å²) >= 11 is 0. The van der Waals surface area contributed by atoms with E-state index in [1.165, 1.54) is 38.9 Å². The van der Waals surface area contributed by atoms with Gasteiger partial charge in [-0.05, 0) is 62.1 Å². The molecule has 0 atom stereocenters. The van der Waals surface area contributed by atoms with Gasteiger partial charge in [0.15, 0.2) is 0 Å². The number of aryl methyl sites for hydroxylation is 4. The molecule has 0 nitrogen and oxygen atoms in total. The molecule has 0 heteroatoms. The van der Waals surface area contributed by atoms with Crippen LogP contribution < -0.4 is 0 Å². The highest BCUT2D eigenvalue weighted by atomic mass is 14.1. The largest absolute Gasteiger partial charge is 0.0563 e. The molecule has 1 radical (unpaired) electrons. The van der Waals surface area contributed by atoms with Crippen LogP contribution in [-0.2, 0) is 0 Å². The van der Waals surface area contributed by atoms with Crippen LogP contribution in [0.25, 0.3) is 22.3 Å². The normalized spacial score (nSPS) is 10.7. The second-order valence-corrected chi connectivity index (χ2v) is 6.24. The summed E-state index contributed by atoms with van der Waals surface area (Å²) in [5.41, 5.74) is 10.1. The third-order valence-electron chi connectivity index (χ3n) is 3.89. The third-order valence-corrected chi connectivity index (χ3v) is 3.89. The minimum Gasteiger partial charge on any atom is -0.0563 e. The van der Waals surface area contributed by atoms with Gasteiger partial charge in [0.25, 0.3) is 0 Å². The van der Waals surface area contributed by atoms with E-state index in [0.29, 0.717) is 0 Å². The van der Waals surface area contributed by atoms with Gasteiger partial charge in [-0.15, -0.1) is 0 Å². The Hall–Kier alpha value is -2.34. The Labute approximate surface area is 133 Å². The fourth-order valence-corrected chi connectivity index (χ4v) is 3.08. The van der Waals surface area contributed by atoms with Crippen LogP contribution in [0.15, 0.2) is 54.6 Å². The summed E-state index contributed by atoms with van der Waals surface area (Å²) in [7, 11) is 0. The highest BCUT2D eigenvalue weighted by Crippen LogP contribution is 2.28. The molecule has 0 N–H and O–H groups in total. The van der Waals surface area contributed by atoms with Crippen LogP contribution >= 0.6 is 0 Å². The Balaban J connectivity index is 2.09. The van der Waals surface area contributed by atoms with Crippen molar-refractivity contribution < 1.29 is 0 Å². The molecule has 0 unspecified atom stereocenters. The lowest BCUT2D eigenvalue weighted by atomic mass is 9.95. The van der Waals surface area contributed by atoms with Crippen molar-refractivity contribution in [3.05, 3.63) is 82.9 Å². The zero-order valence-electron chi connectivity index (χ0n) is 13.7. The summed E-state index contributed by atoms with van der Waals surface area (Å²) in [6.45, 7) is 8.58. The molecule has 3 aromatic rings. The molecule has 3 rings (SSSR count). The van der Waals surface area contributed by atoms with E-state index in [4.69, 9.17) is 0 Å². The summed E-state index contributed by atoms with van der Waals surface area (Å²) in [6, 6.07) is 23.1. The molecule has 0 aliphatic carbocycles. The van der Waals surface area contributed by atoms with Crippen molar-refractivity contribution in [3.63, 3.8) is 0 Å². The van der Waals surface area contributed by atoms with Gasteiger partial charge in [0.05, 0.1) is 0 Å². The van der Waals surface area contributed by atoms with Crippen molar-refractivity contribution in [3.8, 4) is 22.3 Å². The van der Waals surface area contributed by atoms with Crippen molar-refractivity contribution in [2.75, 3.05) is 0 Å². The molecule has 109 valence electrons. The van der Waals surface area contributed by atoms with Crippen LogP contribution in [0, 0.1) is 33.8 Å². The molecule has 0 aliphatic rings. The molecule has 0 bridgehead atoms. The Morgan fingerprint density at radius 1 is 0.545 bits per heavy atom. The SMILES string of the molecule is Cc1cc(C)cc(-c2[c]ccc(-c3cc(C)cc(C)c3)c2)c1. The minimum atomic E-state index is 1.16. The first-order valence-electron chi connectivity index (χ1n) is 7.70.